The predicted octanol–water partition coefficient (Wildman–Crippen LogP) is 7.16. The van der Waals surface area contributed by atoms with Gasteiger partial charge in [-0.25, -0.2) is 39.9 Å². The molecule has 5 heterocycles. The van der Waals surface area contributed by atoms with Crippen LogP contribution in [0.25, 0.3) is 43.6 Å². The van der Waals surface area contributed by atoms with Crippen molar-refractivity contribution >= 4 is 103 Å². The Hall–Kier alpha value is -5.30. The highest BCUT2D eigenvalue weighted by molar-refractivity contribution is 7.90. The number of benzene rings is 4. The third-order valence-electron chi connectivity index (χ3n) is 10.9. The van der Waals surface area contributed by atoms with E-state index < -0.39 is 15.2 Å². The molecule has 262 valence electrons. The van der Waals surface area contributed by atoms with E-state index in [4.69, 9.17) is 19.9 Å². The molecule has 0 unspecified atom stereocenters. The zero-order valence-electron chi connectivity index (χ0n) is 30.8. The molecule has 0 amide bonds. The van der Waals surface area contributed by atoms with Crippen LogP contribution in [0.2, 0.25) is 0 Å². The molecule has 0 atom stereocenters. The maximum atomic E-state index is 4.80. The zero-order valence-corrected chi connectivity index (χ0v) is 32.5. The summed E-state index contributed by atoms with van der Waals surface area (Å²) in [6.07, 6.45) is 14.2. The number of fused-ring (bicyclic) bond motifs is 8. The molecular formula is C41H39N10P2+. The molecule has 4 aromatic heterocycles. The van der Waals surface area contributed by atoms with Crippen molar-refractivity contribution in [2.45, 2.75) is 39.0 Å². The topological polar surface area (TPSA) is 110 Å². The quantitative estimate of drug-likeness (QED) is 0.170. The van der Waals surface area contributed by atoms with Gasteiger partial charge in [-0.15, -0.1) is 0 Å². The summed E-state index contributed by atoms with van der Waals surface area (Å²) in [6.45, 7) is 11.9. The van der Waals surface area contributed by atoms with E-state index in [-0.39, 0.29) is 11.3 Å². The Kier molecular flexibility index (Phi) is 8.02. The molecule has 0 N–H and O–H groups in total. The Balaban J connectivity index is 1.50. The Morgan fingerprint density at radius 1 is 0.491 bits per heavy atom. The molecule has 0 spiro atoms. The van der Waals surface area contributed by atoms with E-state index in [0.29, 0.717) is 0 Å². The second kappa shape index (κ2) is 12.7. The monoisotopic (exact) mass is 733 g/mol. The molecule has 0 fully saturated rings. The number of hydrogen-bond acceptors (Lipinski definition) is 10. The van der Waals surface area contributed by atoms with Crippen molar-refractivity contribution in [2.75, 3.05) is 30.6 Å². The van der Waals surface area contributed by atoms with Gasteiger partial charge in [-0.05, 0) is 63.8 Å². The van der Waals surface area contributed by atoms with Gasteiger partial charge in [-0.2, -0.15) is 0 Å². The lowest BCUT2D eigenvalue weighted by atomic mass is 10.1. The Bertz CT molecular complexity index is 2560. The van der Waals surface area contributed by atoms with E-state index in [9.17, 15) is 0 Å². The van der Waals surface area contributed by atoms with Crippen molar-refractivity contribution in [1.29, 1.82) is 0 Å². The van der Waals surface area contributed by atoms with Crippen molar-refractivity contribution in [3.63, 3.8) is 0 Å². The first kappa shape index (κ1) is 33.5. The minimum atomic E-state index is -2.25. The molecule has 1 aliphatic rings. The minimum absolute atomic E-state index is 0.269. The summed E-state index contributed by atoms with van der Waals surface area (Å²) in [4.78, 5) is 41.7. The largest absolute Gasteiger partial charge is 0.341 e. The number of anilines is 4. The van der Waals surface area contributed by atoms with Gasteiger partial charge in [0, 0.05) is 94.5 Å². The van der Waals surface area contributed by atoms with Gasteiger partial charge < -0.3 is 9.80 Å². The van der Waals surface area contributed by atoms with Gasteiger partial charge in [0.15, 0.2) is 0 Å². The SMILES string of the molecule is CC(C)P1c2cc3ncncc3cc2N(C)c2cc3cncnc3cc2[P+](C)(C(C)C)c2cc3ncncc3cc2N(C)c2cc3cncnc3cc21. The van der Waals surface area contributed by atoms with Gasteiger partial charge in [-0.1, -0.05) is 13.8 Å². The van der Waals surface area contributed by atoms with Crippen LogP contribution in [0.3, 0.4) is 0 Å². The van der Waals surface area contributed by atoms with Crippen molar-refractivity contribution < 1.29 is 0 Å². The van der Waals surface area contributed by atoms with Crippen molar-refractivity contribution in [3.8, 4) is 0 Å². The fourth-order valence-corrected chi connectivity index (χ4v) is 14.2. The lowest BCUT2D eigenvalue weighted by molar-refractivity contribution is 1.09. The highest BCUT2D eigenvalue weighted by Gasteiger charge is 2.47. The average molecular weight is 734 g/mol. The number of aromatic nitrogens is 8. The van der Waals surface area contributed by atoms with Gasteiger partial charge in [0.1, 0.15) is 35.9 Å². The predicted molar refractivity (Wildman–Crippen MR) is 223 cm³/mol. The molecule has 0 saturated carbocycles. The summed E-state index contributed by atoms with van der Waals surface area (Å²) in [5.41, 5.74) is 8.77. The second-order valence-electron chi connectivity index (χ2n) is 14.4. The molecule has 4 aromatic carbocycles. The maximum Gasteiger partial charge on any atom is 0.125 e. The smallest absolute Gasteiger partial charge is 0.125 e. The van der Waals surface area contributed by atoms with Crippen molar-refractivity contribution in [2.24, 2.45) is 0 Å². The number of hydrogen-bond donors (Lipinski definition) is 0. The first-order valence-corrected chi connectivity index (χ1v) is 21.4. The summed E-state index contributed by atoms with van der Waals surface area (Å²) in [5.74, 6) is 0. The molecule has 1 aliphatic heterocycles. The van der Waals surface area contributed by atoms with E-state index in [1.54, 1.807) is 25.3 Å². The van der Waals surface area contributed by atoms with Gasteiger partial charge in [0.25, 0.3) is 0 Å². The summed E-state index contributed by atoms with van der Waals surface area (Å²) in [7, 11) is 1.18. The molecule has 9 rings (SSSR count). The van der Waals surface area contributed by atoms with Gasteiger partial charge in [-0.3, -0.25) is 0 Å². The van der Waals surface area contributed by atoms with Crippen LogP contribution >= 0.6 is 15.2 Å². The molecule has 0 radical (unpaired) electrons. The Labute approximate surface area is 309 Å². The molecule has 0 saturated heterocycles. The summed E-state index contributed by atoms with van der Waals surface area (Å²) >= 11 is 0. The average Bonchev–Trinajstić information content (AvgIpc) is 3.18. The Morgan fingerprint density at radius 2 is 0.830 bits per heavy atom. The van der Waals surface area contributed by atoms with Crippen molar-refractivity contribution in [1.82, 2.24) is 39.9 Å². The highest BCUT2D eigenvalue weighted by Crippen LogP contribution is 2.62. The van der Waals surface area contributed by atoms with E-state index in [0.717, 1.165) is 66.4 Å². The third-order valence-corrected chi connectivity index (χ3v) is 18.5. The molecule has 10 nitrogen and oxygen atoms in total. The maximum absolute atomic E-state index is 4.80. The van der Waals surface area contributed by atoms with E-state index in [2.05, 4.69) is 127 Å². The molecule has 53 heavy (non-hydrogen) atoms. The van der Waals surface area contributed by atoms with E-state index >= 15 is 0 Å². The molecule has 12 heteroatoms. The summed E-state index contributed by atoms with van der Waals surface area (Å²) < 4.78 is 0. The van der Waals surface area contributed by atoms with Gasteiger partial charge in [0.2, 0.25) is 0 Å². The summed E-state index contributed by atoms with van der Waals surface area (Å²) in [6, 6.07) is 18.4. The van der Waals surface area contributed by atoms with E-state index in [1.807, 2.05) is 24.8 Å². The zero-order chi connectivity index (χ0) is 36.6. The van der Waals surface area contributed by atoms with E-state index in [1.165, 1.54) is 21.2 Å². The van der Waals surface area contributed by atoms with Gasteiger partial charge in [0.05, 0.1) is 53.0 Å². The fourth-order valence-electron chi connectivity index (χ4n) is 7.86. The fraction of sp³-hybridized carbons (Fsp3) is 0.220. The standard InChI is InChI=1S/C41H39N10P2/c1-24(2)52-38-12-30-26(16-42-20-46-30)8-34(38)50(5)36-10-28-18-44-22-48-32(28)14-40(36)53(7,25(3)4)41-15-33-29(19-45-23-49-33)11-37(41)51(6)35-9-27-17-43-21-47-31(27)13-39(35)52/h8-25H,1-7H3/q+1. The second-order valence-corrected chi connectivity index (χ2v) is 21.3. The minimum Gasteiger partial charge on any atom is -0.341 e. The first-order chi connectivity index (χ1) is 25.6. The molecular weight excluding hydrogens is 694 g/mol. The molecule has 0 aliphatic carbocycles. The third kappa shape index (κ3) is 5.30. The van der Waals surface area contributed by atoms with Crippen LogP contribution in [-0.2, 0) is 0 Å². The number of nitrogens with zero attached hydrogens (tertiary/aromatic N) is 10. The van der Waals surface area contributed by atoms with Crippen LogP contribution in [0, 0.1) is 0 Å². The van der Waals surface area contributed by atoms with Crippen LogP contribution in [-0.4, -0.2) is 71.9 Å². The van der Waals surface area contributed by atoms with Crippen LogP contribution < -0.4 is 31.0 Å². The highest BCUT2D eigenvalue weighted by atomic mass is 31.2. The van der Waals surface area contributed by atoms with Crippen LogP contribution in [0.4, 0.5) is 22.7 Å². The van der Waals surface area contributed by atoms with Crippen molar-refractivity contribution in [3.05, 3.63) is 98.6 Å². The van der Waals surface area contributed by atoms with Crippen LogP contribution in [0.5, 0.6) is 0 Å². The summed E-state index contributed by atoms with van der Waals surface area (Å²) in [5, 5.41) is 9.04. The normalized spacial score (nSPS) is 17.5. The van der Waals surface area contributed by atoms with Crippen LogP contribution in [0.1, 0.15) is 27.7 Å². The first-order valence-electron chi connectivity index (χ1n) is 17.7. The Morgan fingerprint density at radius 3 is 1.17 bits per heavy atom. The molecule has 8 aromatic rings. The lowest BCUT2D eigenvalue weighted by Gasteiger charge is -2.38. The van der Waals surface area contributed by atoms with Crippen LogP contribution in [0.15, 0.2) is 98.6 Å². The lowest BCUT2D eigenvalue weighted by Crippen LogP contribution is -2.37. The number of rotatable bonds is 2. The molecule has 0 bridgehead atoms. The van der Waals surface area contributed by atoms with Gasteiger partial charge >= 0.3 is 0 Å².